The maximum Gasteiger partial charge on any atom is 0.287 e. The van der Waals surface area contributed by atoms with Crippen LogP contribution in [0.4, 0.5) is 13.8 Å². The fourth-order valence-electron chi connectivity index (χ4n) is 2.58. The minimum Gasteiger partial charge on any atom is -0.311 e. The predicted molar refractivity (Wildman–Crippen MR) is 89.3 cm³/mol. The van der Waals surface area contributed by atoms with Gasteiger partial charge in [-0.15, -0.1) is 11.3 Å². The summed E-state index contributed by atoms with van der Waals surface area (Å²) < 4.78 is 27.4. The summed E-state index contributed by atoms with van der Waals surface area (Å²) in [7, 11) is 0. The van der Waals surface area contributed by atoms with Crippen LogP contribution in [0.25, 0.3) is 0 Å². The summed E-state index contributed by atoms with van der Waals surface area (Å²) in [6.45, 7) is 1.50. The number of benzene rings is 1. The molecule has 1 aliphatic rings. The number of hydrazine groups is 1. The van der Waals surface area contributed by atoms with Crippen molar-refractivity contribution in [2.45, 2.75) is 19.3 Å². The molecule has 0 aliphatic carbocycles. The van der Waals surface area contributed by atoms with Gasteiger partial charge in [-0.3, -0.25) is 15.0 Å². The average Bonchev–Trinajstić information content (AvgIpc) is 3.04. The highest BCUT2D eigenvalue weighted by molar-refractivity contribution is 7.14. The molecular weight excluding hydrogens is 350 g/mol. The van der Waals surface area contributed by atoms with Crippen LogP contribution in [0.5, 0.6) is 0 Å². The van der Waals surface area contributed by atoms with Crippen LogP contribution < -0.4 is 10.7 Å². The molecule has 0 atom stereocenters. The molecule has 2 aromatic rings. The smallest absolute Gasteiger partial charge is 0.287 e. The SMILES string of the molecule is O=C(NN1CCCCC1)c1ncsc1NC(=O)c1c(F)cccc1F. The summed E-state index contributed by atoms with van der Waals surface area (Å²) in [5, 5.41) is 4.30. The van der Waals surface area contributed by atoms with Gasteiger partial charge in [0.2, 0.25) is 0 Å². The third kappa shape index (κ3) is 3.99. The van der Waals surface area contributed by atoms with E-state index in [0.29, 0.717) is 0 Å². The Morgan fingerprint density at radius 3 is 2.44 bits per heavy atom. The second-order valence-corrected chi connectivity index (χ2v) is 6.42. The molecule has 1 saturated heterocycles. The first-order valence-corrected chi connectivity index (χ1v) is 8.69. The van der Waals surface area contributed by atoms with Crippen molar-refractivity contribution in [1.82, 2.24) is 15.4 Å². The van der Waals surface area contributed by atoms with Gasteiger partial charge in [0, 0.05) is 13.1 Å². The number of hydrogen-bond acceptors (Lipinski definition) is 5. The number of amides is 2. The third-order valence-corrected chi connectivity index (χ3v) is 4.56. The first kappa shape index (κ1) is 17.4. The fourth-order valence-corrected chi connectivity index (χ4v) is 3.25. The van der Waals surface area contributed by atoms with Gasteiger partial charge >= 0.3 is 0 Å². The molecule has 0 spiro atoms. The van der Waals surface area contributed by atoms with Crippen molar-refractivity contribution in [3.05, 3.63) is 46.6 Å². The summed E-state index contributed by atoms with van der Waals surface area (Å²) in [5.74, 6) is -3.37. The van der Waals surface area contributed by atoms with E-state index in [4.69, 9.17) is 0 Å². The molecule has 0 bridgehead atoms. The number of piperidine rings is 1. The van der Waals surface area contributed by atoms with Gasteiger partial charge in [0.1, 0.15) is 22.2 Å². The maximum absolute atomic E-state index is 13.7. The molecule has 2 N–H and O–H groups in total. The molecule has 0 saturated carbocycles. The van der Waals surface area contributed by atoms with Crippen molar-refractivity contribution in [1.29, 1.82) is 0 Å². The molecule has 1 fully saturated rings. The van der Waals surface area contributed by atoms with Crippen LogP contribution in [0, 0.1) is 11.6 Å². The maximum atomic E-state index is 13.7. The minimum absolute atomic E-state index is 0.0145. The normalized spacial score (nSPS) is 15.0. The third-order valence-electron chi connectivity index (χ3n) is 3.82. The van der Waals surface area contributed by atoms with Gasteiger partial charge in [0.25, 0.3) is 11.8 Å². The Balaban J connectivity index is 1.73. The molecule has 6 nitrogen and oxygen atoms in total. The molecule has 1 aromatic heterocycles. The van der Waals surface area contributed by atoms with E-state index in [-0.39, 0.29) is 10.7 Å². The van der Waals surface area contributed by atoms with Crippen LogP contribution in [0.15, 0.2) is 23.7 Å². The van der Waals surface area contributed by atoms with E-state index in [1.807, 2.05) is 0 Å². The number of thiazole rings is 1. The number of carbonyl (C=O) groups excluding carboxylic acids is 2. The van der Waals surface area contributed by atoms with Crippen molar-refractivity contribution >= 4 is 28.2 Å². The van der Waals surface area contributed by atoms with Gasteiger partial charge in [-0.25, -0.2) is 18.8 Å². The lowest BCUT2D eigenvalue weighted by atomic mass is 10.2. The molecule has 3 rings (SSSR count). The zero-order valence-electron chi connectivity index (χ0n) is 13.2. The molecule has 0 unspecified atom stereocenters. The number of rotatable bonds is 4. The molecule has 25 heavy (non-hydrogen) atoms. The molecule has 1 aliphatic heterocycles. The summed E-state index contributed by atoms with van der Waals surface area (Å²) >= 11 is 1.01. The quantitative estimate of drug-likeness (QED) is 0.873. The largest absolute Gasteiger partial charge is 0.311 e. The molecule has 132 valence electrons. The molecule has 0 radical (unpaired) electrons. The molecule has 9 heteroatoms. The lowest BCUT2D eigenvalue weighted by Crippen LogP contribution is -2.45. The number of nitrogens with zero attached hydrogens (tertiary/aromatic N) is 2. The highest BCUT2D eigenvalue weighted by atomic mass is 32.1. The monoisotopic (exact) mass is 366 g/mol. The Hall–Kier alpha value is -2.39. The highest BCUT2D eigenvalue weighted by Crippen LogP contribution is 2.22. The van der Waals surface area contributed by atoms with Crippen molar-refractivity contribution in [2.75, 3.05) is 18.4 Å². The minimum atomic E-state index is -0.971. The Labute approximate surface area is 146 Å². The Morgan fingerprint density at radius 1 is 1.08 bits per heavy atom. The van der Waals surface area contributed by atoms with E-state index < -0.39 is 29.0 Å². The molecule has 2 heterocycles. The Bertz CT molecular complexity index is 770. The number of halogens is 2. The van der Waals surface area contributed by atoms with Crippen LogP contribution in [-0.2, 0) is 0 Å². The molecular formula is C16H16F2N4O2S. The lowest BCUT2D eigenvalue weighted by Gasteiger charge is -2.26. The number of anilines is 1. The first-order chi connectivity index (χ1) is 12.1. The van der Waals surface area contributed by atoms with Crippen LogP contribution in [0.3, 0.4) is 0 Å². The zero-order valence-corrected chi connectivity index (χ0v) is 14.0. The van der Waals surface area contributed by atoms with E-state index in [9.17, 15) is 18.4 Å². The van der Waals surface area contributed by atoms with Crippen molar-refractivity contribution in [3.63, 3.8) is 0 Å². The topological polar surface area (TPSA) is 74.3 Å². The summed E-state index contributed by atoms with van der Waals surface area (Å²) in [4.78, 5) is 28.5. The fraction of sp³-hybridized carbons (Fsp3) is 0.312. The Kier molecular flexibility index (Phi) is 5.34. The number of aromatic nitrogens is 1. The van der Waals surface area contributed by atoms with Crippen LogP contribution in [0.1, 0.15) is 40.1 Å². The number of hydrogen-bond donors (Lipinski definition) is 2. The first-order valence-electron chi connectivity index (χ1n) is 7.81. The van der Waals surface area contributed by atoms with E-state index in [0.717, 1.165) is 55.8 Å². The summed E-state index contributed by atoms with van der Waals surface area (Å²) in [6, 6.07) is 3.16. The van der Waals surface area contributed by atoms with E-state index in [1.165, 1.54) is 11.6 Å². The van der Waals surface area contributed by atoms with Gasteiger partial charge in [0.15, 0.2) is 5.69 Å². The molecule has 2 amide bonds. The average molecular weight is 366 g/mol. The summed E-state index contributed by atoms with van der Waals surface area (Å²) in [6.07, 6.45) is 3.11. The lowest BCUT2D eigenvalue weighted by molar-refractivity contribution is 0.0746. The zero-order chi connectivity index (χ0) is 17.8. The standard InChI is InChI=1S/C16H16F2N4O2S/c17-10-5-4-6-11(18)12(10)14(23)20-16-13(19-9-25-16)15(24)21-22-7-2-1-3-8-22/h4-6,9H,1-3,7-8H2,(H,20,23)(H,21,24). The van der Waals surface area contributed by atoms with Crippen LogP contribution in [-0.4, -0.2) is 34.9 Å². The van der Waals surface area contributed by atoms with E-state index in [2.05, 4.69) is 15.7 Å². The van der Waals surface area contributed by atoms with Gasteiger partial charge in [0.05, 0.1) is 5.51 Å². The van der Waals surface area contributed by atoms with E-state index >= 15 is 0 Å². The van der Waals surface area contributed by atoms with Crippen molar-refractivity contribution in [2.24, 2.45) is 0 Å². The van der Waals surface area contributed by atoms with Crippen molar-refractivity contribution < 1.29 is 18.4 Å². The van der Waals surface area contributed by atoms with E-state index in [1.54, 1.807) is 5.01 Å². The summed E-state index contributed by atoms with van der Waals surface area (Å²) in [5.41, 5.74) is 3.44. The number of carbonyl (C=O) groups is 2. The van der Waals surface area contributed by atoms with Gasteiger partial charge in [-0.2, -0.15) is 0 Å². The van der Waals surface area contributed by atoms with Gasteiger partial charge in [-0.1, -0.05) is 12.5 Å². The molecule has 1 aromatic carbocycles. The highest BCUT2D eigenvalue weighted by Gasteiger charge is 2.23. The number of nitrogens with one attached hydrogen (secondary N) is 2. The van der Waals surface area contributed by atoms with Crippen molar-refractivity contribution in [3.8, 4) is 0 Å². The van der Waals surface area contributed by atoms with Crippen LogP contribution >= 0.6 is 11.3 Å². The Morgan fingerprint density at radius 2 is 1.76 bits per heavy atom. The second-order valence-electron chi connectivity index (χ2n) is 5.57. The van der Waals surface area contributed by atoms with Crippen LogP contribution in [0.2, 0.25) is 0 Å². The van der Waals surface area contributed by atoms with Gasteiger partial charge in [-0.05, 0) is 25.0 Å². The predicted octanol–water partition coefficient (Wildman–Crippen LogP) is 2.80. The van der Waals surface area contributed by atoms with Gasteiger partial charge < -0.3 is 5.32 Å². The second kappa shape index (κ2) is 7.66.